The highest BCUT2D eigenvalue weighted by Gasteiger charge is 2.20. The van der Waals surface area contributed by atoms with Crippen molar-refractivity contribution in [2.45, 2.75) is 6.42 Å². The van der Waals surface area contributed by atoms with E-state index in [2.05, 4.69) is 15.6 Å². The van der Waals surface area contributed by atoms with Crippen LogP contribution in [0.3, 0.4) is 0 Å². The molecular formula is C18H16N4O3. The summed E-state index contributed by atoms with van der Waals surface area (Å²) < 4.78 is 0. The SMILES string of the molecule is NC(=O)c1cccc(CCNc2c(Nc3ccncc3)c(=O)c2=O)c1. The van der Waals surface area contributed by atoms with Gasteiger partial charge in [0.2, 0.25) is 5.91 Å². The molecule has 0 saturated heterocycles. The van der Waals surface area contributed by atoms with Crippen LogP contribution in [0.2, 0.25) is 0 Å². The fourth-order valence-electron chi connectivity index (χ4n) is 2.47. The number of aromatic nitrogens is 1. The van der Waals surface area contributed by atoms with E-state index in [1.807, 2.05) is 6.07 Å². The van der Waals surface area contributed by atoms with E-state index in [0.29, 0.717) is 24.2 Å². The van der Waals surface area contributed by atoms with Crippen molar-refractivity contribution in [2.24, 2.45) is 5.73 Å². The molecule has 0 aliphatic heterocycles. The normalized spacial score (nSPS) is 10.6. The van der Waals surface area contributed by atoms with Crippen molar-refractivity contribution in [1.29, 1.82) is 0 Å². The number of primary amides is 1. The third-order valence-electron chi connectivity index (χ3n) is 3.79. The Balaban J connectivity index is 1.65. The Bertz CT molecular complexity index is 976. The largest absolute Gasteiger partial charge is 0.380 e. The highest BCUT2D eigenvalue weighted by atomic mass is 16.2. The quantitative estimate of drug-likeness (QED) is 0.558. The van der Waals surface area contributed by atoms with Gasteiger partial charge in [0.25, 0.3) is 10.9 Å². The predicted octanol–water partition coefficient (Wildman–Crippen LogP) is 1.17. The second kappa shape index (κ2) is 6.96. The number of nitrogens with two attached hydrogens (primary N) is 1. The molecule has 1 aromatic heterocycles. The first-order chi connectivity index (χ1) is 12.1. The minimum atomic E-state index is -0.546. The molecule has 0 saturated carbocycles. The average molecular weight is 336 g/mol. The minimum absolute atomic E-state index is 0.252. The molecule has 3 rings (SSSR count). The van der Waals surface area contributed by atoms with Crippen molar-refractivity contribution in [3.05, 3.63) is 80.4 Å². The van der Waals surface area contributed by atoms with Crippen molar-refractivity contribution in [1.82, 2.24) is 4.98 Å². The van der Waals surface area contributed by atoms with Crippen LogP contribution in [0.25, 0.3) is 0 Å². The number of nitrogens with zero attached hydrogens (tertiary/aromatic N) is 1. The zero-order valence-electron chi connectivity index (χ0n) is 13.3. The Morgan fingerprint density at radius 3 is 2.48 bits per heavy atom. The Morgan fingerprint density at radius 1 is 1.04 bits per heavy atom. The lowest BCUT2D eigenvalue weighted by Gasteiger charge is -2.14. The van der Waals surface area contributed by atoms with Gasteiger partial charge in [-0.05, 0) is 36.2 Å². The number of rotatable bonds is 7. The molecule has 7 heteroatoms. The fraction of sp³-hybridized carbons (Fsp3) is 0.111. The summed E-state index contributed by atoms with van der Waals surface area (Å²) in [6.45, 7) is 0.443. The summed E-state index contributed by atoms with van der Waals surface area (Å²) in [4.78, 5) is 38.6. The van der Waals surface area contributed by atoms with E-state index in [0.717, 1.165) is 5.56 Å². The lowest BCUT2D eigenvalue weighted by molar-refractivity contribution is 0.1000. The highest BCUT2D eigenvalue weighted by Crippen LogP contribution is 2.20. The Kier molecular flexibility index (Phi) is 4.56. The van der Waals surface area contributed by atoms with Crippen LogP contribution in [0.4, 0.5) is 17.1 Å². The number of nitrogens with one attached hydrogen (secondary N) is 2. The maximum absolute atomic E-state index is 11.8. The summed E-state index contributed by atoms with van der Waals surface area (Å²) in [5.41, 5.74) is 6.72. The van der Waals surface area contributed by atoms with Gasteiger partial charge in [-0.25, -0.2) is 0 Å². The number of carbonyl (C=O) groups excluding carboxylic acids is 1. The monoisotopic (exact) mass is 336 g/mol. The zero-order valence-corrected chi connectivity index (χ0v) is 13.3. The second-order valence-corrected chi connectivity index (χ2v) is 5.51. The molecule has 0 aliphatic carbocycles. The van der Waals surface area contributed by atoms with Gasteiger partial charge >= 0.3 is 0 Å². The number of carbonyl (C=O) groups is 1. The van der Waals surface area contributed by atoms with Crippen LogP contribution in [0.15, 0.2) is 58.4 Å². The van der Waals surface area contributed by atoms with E-state index in [1.54, 1.807) is 42.7 Å². The van der Waals surface area contributed by atoms with E-state index in [4.69, 9.17) is 5.73 Å². The second-order valence-electron chi connectivity index (χ2n) is 5.51. The maximum atomic E-state index is 11.8. The van der Waals surface area contributed by atoms with E-state index in [-0.39, 0.29) is 11.4 Å². The molecule has 3 aromatic rings. The molecular weight excluding hydrogens is 320 g/mol. The molecule has 0 unspecified atom stereocenters. The number of anilines is 3. The Hall–Kier alpha value is -3.48. The first-order valence-corrected chi connectivity index (χ1v) is 7.69. The lowest BCUT2D eigenvalue weighted by atomic mass is 10.1. The molecule has 4 N–H and O–H groups in total. The van der Waals surface area contributed by atoms with Crippen LogP contribution < -0.4 is 27.2 Å². The molecule has 0 bridgehead atoms. The van der Waals surface area contributed by atoms with Crippen LogP contribution in [0, 0.1) is 0 Å². The fourth-order valence-corrected chi connectivity index (χ4v) is 2.47. The topological polar surface area (TPSA) is 114 Å². The summed E-state index contributed by atoms with van der Waals surface area (Å²) in [5, 5.41) is 5.91. The van der Waals surface area contributed by atoms with E-state index in [1.165, 1.54) is 0 Å². The predicted molar refractivity (Wildman–Crippen MR) is 96.0 cm³/mol. The molecule has 2 aromatic carbocycles. The molecule has 0 spiro atoms. The Labute approximate surface area is 143 Å². The van der Waals surface area contributed by atoms with Crippen molar-refractivity contribution in [3.63, 3.8) is 0 Å². The van der Waals surface area contributed by atoms with Crippen molar-refractivity contribution in [3.8, 4) is 0 Å². The third kappa shape index (κ3) is 3.55. The van der Waals surface area contributed by atoms with Crippen LogP contribution in [-0.4, -0.2) is 17.4 Å². The molecule has 0 aliphatic rings. The van der Waals surface area contributed by atoms with Gasteiger partial charge in [0, 0.05) is 30.2 Å². The van der Waals surface area contributed by atoms with Crippen LogP contribution in [-0.2, 0) is 6.42 Å². The summed E-state index contributed by atoms with van der Waals surface area (Å²) in [5.74, 6) is -0.485. The number of hydrogen-bond donors (Lipinski definition) is 3. The summed E-state index contributed by atoms with van der Waals surface area (Å²) in [7, 11) is 0. The summed E-state index contributed by atoms with van der Waals surface area (Å²) >= 11 is 0. The van der Waals surface area contributed by atoms with Gasteiger partial charge in [-0.1, -0.05) is 12.1 Å². The minimum Gasteiger partial charge on any atom is -0.380 e. The van der Waals surface area contributed by atoms with Gasteiger partial charge in [0.15, 0.2) is 0 Å². The lowest BCUT2D eigenvalue weighted by Crippen LogP contribution is -2.37. The molecule has 0 atom stereocenters. The molecule has 1 heterocycles. The van der Waals surface area contributed by atoms with Gasteiger partial charge in [-0.3, -0.25) is 19.4 Å². The van der Waals surface area contributed by atoms with Crippen molar-refractivity contribution < 1.29 is 4.79 Å². The first-order valence-electron chi connectivity index (χ1n) is 7.69. The molecule has 25 heavy (non-hydrogen) atoms. The molecule has 1 amide bonds. The smallest absolute Gasteiger partial charge is 0.253 e. The molecule has 7 nitrogen and oxygen atoms in total. The number of pyridine rings is 1. The van der Waals surface area contributed by atoms with Crippen molar-refractivity contribution >= 4 is 23.0 Å². The van der Waals surface area contributed by atoms with Gasteiger partial charge in [0.1, 0.15) is 11.4 Å². The van der Waals surface area contributed by atoms with Crippen molar-refractivity contribution in [2.75, 3.05) is 17.2 Å². The standard InChI is InChI=1S/C18H16N4O3/c19-18(25)12-3-1-2-11(10-12)4-9-21-14-15(17(24)16(14)23)22-13-5-7-20-8-6-13/h1-3,5-8,10,21H,4,9H2,(H2,19,25)(H,20,22). The van der Waals surface area contributed by atoms with Gasteiger partial charge in [0.05, 0.1) is 0 Å². The number of benzene rings is 1. The summed E-state index contributed by atoms with van der Waals surface area (Å²) in [6.07, 6.45) is 3.76. The van der Waals surface area contributed by atoms with E-state index < -0.39 is 16.8 Å². The number of hydrogen-bond acceptors (Lipinski definition) is 6. The highest BCUT2D eigenvalue weighted by molar-refractivity contribution is 5.92. The zero-order chi connectivity index (χ0) is 17.8. The first kappa shape index (κ1) is 16.4. The molecule has 0 fully saturated rings. The maximum Gasteiger partial charge on any atom is 0.253 e. The van der Waals surface area contributed by atoms with Gasteiger partial charge < -0.3 is 16.4 Å². The molecule has 0 radical (unpaired) electrons. The van der Waals surface area contributed by atoms with Crippen LogP contribution in [0.1, 0.15) is 15.9 Å². The molecule has 126 valence electrons. The van der Waals surface area contributed by atoms with Crippen LogP contribution >= 0.6 is 0 Å². The Morgan fingerprint density at radius 2 is 1.76 bits per heavy atom. The van der Waals surface area contributed by atoms with Crippen LogP contribution in [0.5, 0.6) is 0 Å². The third-order valence-corrected chi connectivity index (χ3v) is 3.79. The van der Waals surface area contributed by atoms with E-state index >= 15 is 0 Å². The van der Waals surface area contributed by atoms with Gasteiger partial charge in [-0.15, -0.1) is 0 Å². The van der Waals surface area contributed by atoms with Gasteiger partial charge in [-0.2, -0.15) is 0 Å². The summed E-state index contributed by atoms with van der Waals surface area (Å²) in [6, 6.07) is 10.4. The van der Waals surface area contributed by atoms with E-state index in [9.17, 15) is 14.4 Å². The number of amides is 1. The average Bonchev–Trinajstić information content (AvgIpc) is 2.64.